The Morgan fingerprint density at radius 2 is 1.78 bits per heavy atom. The van der Waals surface area contributed by atoms with Crippen LogP contribution in [0.3, 0.4) is 0 Å². The lowest BCUT2D eigenvalue weighted by Crippen LogP contribution is -2.13. The van der Waals surface area contributed by atoms with Crippen molar-refractivity contribution in [2.45, 2.75) is 20.3 Å². The molecule has 1 heterocycles. The van der Waals surface area contributed by atoms with Crippen molar-refractivity contribution >= 4 is 17.4 Å². The highest BCUT2D eigenvalue weighted by Gasteiger charge is 2.08. The van der Waals surface area contributed by atoms with Crippen molar-refractivity contribution < 1.29 is 9.18 Å². The first kappa shape index (κ1) is 18.6. The van der Waals surface area contributed by atoms with E-state index in [0.29, 0.717) is 29.9 Å². The number of hydrogen-bond acceptors (Lipinski definition) is 3. The molecule has 0 aliphatic heterocycles. The molecule has 2 aromatic carbocycles. The maximum atomic E-state index is 13.6. The summed E-state index contributed by atoms with van der Waals surface area (Å²) in [6.45, 7) is 4.54. The first-order chi connectivity index (χ1) is 13.0. The lowest BCUT2D eigenvalue weighted by atomic mass is 10.1. The summed E-state index contributed by atoms with van der Waals surface area (Å²) in [6.07, 6.45) is 2.09. The number of aryl methyl sites for hydroxylation is 2. The Balaban J connectivity index is 1.56. The number of benzene rings is 2. The van der Waals surface area contributed by atoms with Gasteiger partial charge in [-0.25, -0.2) is 9.37 Å². The number of amides is 1. The molecule has 0 fully saturated rings. The van der Waals surface area contributed by atoms with E-state index < -0.39 is 0 Å². The molecule has 0 aliphatic carbocycles. The van der Waals surface area contributed by atoms with E-state index in [1.807, 2.05) is 32.0 Å². The highest BCUT2D eigenvalue weighted by atomic mass is 19.1. The number of pyridine rings is 1. The van der Waals surface area contributed by atoms with Gasteiger partial charge in [-0.1, -0.05) is 24.3 Å². The van der Waals surface area contributed by atoms with Gasteiger partial charge in [-0.3, -0.25) is 4.79 Å². The summed E-state index contributed by atoms with van der Waals surface area (Å²) in [4.78, 5) is 16.6. The number of rotatable bonds is 6. The smallest absolute Gasteiger partial charge is 0.257 e. The van der Waals surface area contributed by atoms with Crippen LogP contribution in [0.4, 0.5) is 15.9 Å². The fraction of sp³-hybridized carbons (Fsp3) is 0.182. The van der Waals surface area contributed by atoms with E-state index in [0.717, 1.165) is 16.8 Å². The fourth-order valence-corrected chi connectivity index (χ4v) is 2.91. The summed E-state index contributed by atoms with van der Waals surface area (Å²) in [5, 5.41) is 6.03. The van der Waals surface area contributed by atoms with Gasteiger partial charge in [0.15, 0.2) is 0 Å². The maximum absolute atomic E-state index is 13.6. The van der Waals surface area contributed by atoms with Crippen molar-refractivity contribution in [2.24, 2.45) is 0 Å². The van der Waals surface area contributed by atoms with E-state index in [1.54, 1.807) is 24.3 Å². The summed E-state index contributed by atoms with van der Waals surface area (Å²) in [5.74, 6) is 0.241. The number of hydrogen-bond donors (Lipinski definition) is 2. The summed E-state index contributed by atoms with van der Waals surface area (Å²) in [6, 6.07) is 16.1. The molecule has 138 valence electrons. The molecule has 2 N–H and O–H groups in total. The predicted molar refractivity (Wildman–Crippen MR) is 107 cm³/mol. The molecule has 0 saturated carbocycles. The number of nitrogens with zero attached hydrogens (tertiary/aromatic N) is 1. The molecule has 0 atom stereocenters. The number of carbonyl (C=O) groups excluding carboxylic acids is 1. The number of halogens is 1. The minimum Gasteiger partial charge on any atom is -0.370 e. The number of carbonyl (C=O) groups is 1. The molecule has 5 heteroatoms. The summed E-state index contributed by atoms with van der Waals surface area (Å²) in [7, 11) is 0. The molecule has 0 aliphatic rings. The van der Waals surface area contributed by atoms with E-state index >= 15 is 0 Å². The third-order valence-electron chi connectivity index (χ3n) is 4.16. The van der Waals surface area contributed by atoms with Crippen LogP contribution in [0.2, 0.25) is 0 Å². The van der Waals surface area contributed by atoms with Crippen LogP contribution in [0.15, 0.2) is 60.8 Å². The normalized spacial score (nSPS) is 10.5. The van der Waals surface area contributed by atoms with Gasteiger partial charge in [-0.05, 0) is 67.3 Å². The quantitative estimate of drug-likeness (QED) is 0.665. The van der Waals surface area contributed by atoms with Gasteiger partial charge in [0.1, 0.15) is 11.6 Å². The maximum Gasteiger partial charge on any atom is 0.257 e. The first-order valence-corrected chi connectivity index (χ1v) is 8.84. The lowest BCUT2D eigenvalue weighted by Gasteiger charge is -2.09. The average molecular weight is 363 g/mol. The second-order valence-electron chi connectivity index (χ2n) is 6.53. The van der Waals surface area contributed by atoms with Crippen molar-refractivity contribution in [3.05, 3.63) is 88.9 Å². The second-order valence-corrected chi connectivity index (χ2v) is 6.53. The van der Waals surface area contributed by atoms with Crippen LogP contribution in [0.25, 0.3) is 0 Å². The first-order valence-electron chi connectivity index (χ1n) is 8.84. The minimum atomic E-state index is -0.203. The van der Waals surface area contributed by atoms with Crippen LogP contribution in [0.5, 0.6) is 0 Å². The van der Waals surface area contributed by atoms with E-state index in [1.165, 1.54) is 12.3 Å². The highest BCUT2D eigenvalue weighted by molar-refractivity contribution is 6.04. The zero-order valence-electron chi connectivity index (χ0n) is 15.4. The topological polar surface area (TPSA) is 54.0 Å². The zero-order valence-corrected chi connectivity index (χ0v) is 15.4. The van der Waals surface area contributed by atoms with Crippen LogP contribution >= 0.6 is 0 Å². The molecule has 1 aromatic heterocycles. The van der Waals surface area contributed by atoms with Crippen molar-refractivity contribution in [3.8, 4) is 0 Å². The molecule has 27 heavy (non-hydrogen) atoms. The fourth-order valence-electron chi connectivity index (χ4n) is 2.91. The zero-order chi connectivity index (χ0) is 19.2. The third-order valence-corrected chi connectivity index (χ3v) is 4.16. The van der Waals surface area contributed by atoms with E-state index in [9.17, 15) is 9.18 Å². The van der Waals surface area contributed by atoms with Gasteiger partial charge in [0.25, 0.3) is 5.91 Å². The monoisotopic (exact) mass is 363 g/mol. The number of nitrogens with one attached hydrogen (secondary N) is 2. The second kappa shape index (κ2) is 8.45. The molecule has 4 nitrogen and oxygen atoms in total. The van der Waals surface area contributed by atoms with Crippen LogP contribution in [0.1, 0.15) is 27.0 Å². The molecule has 0 spiro atoms. The van der Waals surface area contributed by atoms with Crippen LogP contribution in [0, 0.1) is 19.7 Å². The van der Waals surface area contributed by atoms with Gasteiger partial charge < -0.3 is 10.6 Å². The molecule has 0 unspecified atom stereocenters. The van der Waals surface area contributed by atoms with Crippen LogP contribution < -0.4 is 10.6 Å². The lowest BCUT2D eigenvalue weighted by molar-refractivity contribution is 0.102. The van der Waals surface area contributed by atoms with Gasteiger partial charge in [0, 0.05) is 18.4 Å². The average Bonchev–Trinajstić information content (AvgIpc) is 2.63. The Bertz CT molecular complexity index is 918. The number of anilines is 2. The standard InChI is InChI=1S/C22H22FN3O/c1-15-11-16(2)13-19(12-15)26-22(27)18-7-8-21(25-14-18)24-10-9-17-5-3-4-6-20(17)23/h3-8,11-14H,9-10H2,1-2H3,(H,24,25)(H,26,27). The molecule has 0 bridgehead atoms. The molecule has 3 rings (SSSR count). The van der Waals surface area contributed by atoms with Crippen LogP contribution in [-0.4, -0.2) is 17.4 Å². The van der Waals surface area contributed by atoms with Gasteiger partial charge >= 0.3 is 0 Å². The van der Waals surface area contributed by atoms with E-state index in [4.69, 9.17) is 0 Å². The number of aromatic nitrogens is 1. The van der Waals surface area contributed by atoms with Crippen molar-refractivity contribution in [1.29, 1.82) is 0 Å². The molecular weight excluding hydrogens is 341 g/mol. The highest BCUT2D eigenvalue weighted by Crippen LogP contribution is 2.15. The van der Waals surface area contributed by atoms with Gasteiger partial charge in [0.2, 0.25) is 0 Å². The SMILES string of the molecule is Cc1cc(C)cc(NC(=O)c2ccc(NCCc3ccccc3F)nc2)c1. The van der Waals surface area contributed by atoms with E-state index in [-0.39, 0.29) is 11.7 Å². The van der Waals surface area contributed by atoms with Gasteiger partial charge in [-0.2, -0.15) is 0 Å². The minimum absolute atomic E-state index is 0.203. The van der Waals surface area contributed by atoms with Crippen molar-refractivity contribution in [1.82, 2.24) is 4.98 Å². The summed E-state index contributed by atoms with van der Waals surface area (Å²) in [5.41, 5.74) is 4.10. The molecule has 1 amide bonds. The Morgan fingerprint density at radius 1 is 1.04 bits per heavy atom. The third kappa shape index (κ3) is 5.14. The summed E-state index contributed by atoms with van der Waals surface area (Å²) < 4.78 is 13.6. The van der Waals surface area contributed by atoms with Crippen LogP contribution in [-0.2, 0) is 6.42 Å². The molecule has 0 saturated heterocycles. The predicted octanol–water partition coefficient (Wildman–Crippen LogP) is 4.74. The van der Waals surface area contributed by atoms with Gasteiger partial charge in [-0.15, -0.1) is 0 Å². The summed E-state index contributed by atoms with van der Waals surface area (Å²) >= 11 is 0. The Labute approximate surface area is 158 Å². The van der Waals surface area contributed by atoms with Gasteiger partial charge in [0.05, 0.1) is 5.56 Å². The largest absolute Gasteiger partial charge is 0.370 e. The van der Waals surface area contributed by atoms with E-state index in [2.05, 4.69) is 21.7 Å². The molecule has 3 aromatic rings. The van der Waals surface area contributed by atoms with Crippen molar-refractivity contribution in [2.75, 3.05) is 17.2 Å². The Morgan fingerprint density at radius 3 is 2.44 bits per heavy atom. The molecular formula is C22H22FN3O. The molecule has 0 radical (unpaired) electrons. The van der Waals surface area contributed by atoms with Crippen molar-refractivity contribution in [3.63, 3.8) is 0 Å². The Kier molecular flexibility index (Phi) is 5.81. The Hall–Kier alpha value is -3.21.